The van der Waals surface area contributed by atoms with E-state index in [4.69, 9.17) is 32.7 Å². The maximum Gasteiger partial charge on any atom is 0.338 e. The number of halogens is 2. The van der Waals surface area contributed by atoms with Crippen LogP contribution in [0.5, 0.6) is 5.75 Å². The highest BCUT2D eigenvalue weighted by molar-refractivity contribution is 8.16. The first-order chi connectivity index (χ1) is 12.5. The van der Waals surface area contributed by atoms with E-state index in [2.05, 4.69) is 4.99 Å². The molecule has 0 amide bonds. The van der Waals surface area contributed by atoms with E-state index in [1.165, 1.54) is 11.8 Å². The summed E-state index contributed by atoms with van der Waals surface area (Å²) in [5.41, 5.74) is 1.86. The highest BCUT2D eigenvalue weighted by Gasteiger charge is 2.38. The maximum atomic E-state index is 12.6. The molecular formula is C18H18Cl2N2O3S. The molecule has 8 heteroatoms. The van der Waals surface area contributed by atoms with Gasteiger partial charge in [-0.05, 0) is 43.9 Å². The minimum Gasteiger partial charge on any atom is -0.491 e. The molecule has 0 spiro atoms. The number of esters is 1. The molecule has 0 radical (unpaired) electrons. The number of fused-ring (bicyclic) bond motifs is 1. The number of rotatable bonds is 5. The Balaban J connectivity index is 2.12. The van der Waals surface area contributed by atoms with Crippen LogP contribution in [0.15, 0.2) is 40.0 Å². The van der Waals surface area contributed by atoms with Gasteiger partial charge in [0.25, 0.3) is 0 Å². The highest BCUT2D eigenvalue weighted by atomic mass is 35.5. The van der Waals surface area contributed by atoms with Crippen LogP contribution in [0.3, 0.4) is 0 Å². The monoisotopic (exact) mass is 412 g/mol. The third kappa shape index (κ3) is 3.46. The lowest BCUT2D eigenvalue weighted by Gasteiger charge is -2.33. The molecule has 5 nitrogen and oxygen atoms in total. The molecule has 3 rings (SSSR count). The summed E-state index contributed by atoms with van der Waals surface area (Å²) in [6.45, 7) is 6.18. The van der Waals surface area contributed by atoms with Crippen molar-refractivity contribution in [3.63, 3.8) is 0 Å². The fraction of sp³-hybridized carbons (Fsp3) is 0.333. The molecule has 138 valence electrons. The number of carbonyl (C=O) groups excluding carboxylic acids is 1. The Kier molecular flexibility index (Phi) is 5.85. The highest BCUT2D eigenvalue weighted by Crippen LogP contribution is 2.44. The van der Waals surface area contributed by atoms with Gasteiger partial charge in [0.1, 0.15) is 0 Å². The normalized spacial score (nSPS) is 18.7. The Morgan fingerprint density at radius 1 is 1.27 bits per heavy atom. The lowest BCUT2D eigenvalue weighted by molar-refractivity contribution is -0.139. The first kappa shape index (κ1) is 19.1. The van der Waals surface area contributed by atoms with E-state index < -0.39 is 12.0 Å². The van der Waals surface area contributed by atoms with Crippen molar-refractivity contribution in [1.82, 2.24) is 4.90 Å². The Morgan fingerprint density at radius 3 is 2.58 bits per heavy atom. The molecule has 0 unspecified atom stereocenters. The number of ether oxygens (including phenoxy) is 2. The minimum atomic E-state index is -0.418. The van der Waals surface area contributed by atoms with Gasteiger partial charge in [-0.15, -0.1) is 0 Å². The number of hydrogen-bond acceptors (Lipinski definition) is 6. The molecule has 0 bridgehead atoms. The van der Waals surface area contributed by atoms with Gasteiger partial charge in [0.2, 0.25) is 0 Å². The Bertz CT molecular complexity index is 813. The molecule has 0 N–H and O–H groups in total. The standard InChI is InChI=1S/C18H18Cl2N2O3S/c1-4-24-16-12(19)8-11(9-13(16)20)15-14(17(23)25-5-2)10(3)21-18-22(15)6-7-26-18/h6-9,15H,4-5H2,1-3H3/t15-/m0/s1. The summed E-state index contributed by atoms with van der Waals surface area (Å²) >= 11 is 14.3. The van der Waals surface area contributed by atoms with E-state index in [1.807, 2.05) is 23.4 Å². The van der Waals surface area contributed by atoms with E-state index in [-0.39, 0.29) is 6.61 Å². The molecule has 0 aliphatic carbocycles. The number of nitrogens with zero attached hydrogens (tertiary/aromatic N) is 2. The van der Waals surface area contributed by atoms with Gasteiger partial charge < -0.3 is 14.4 Å². The maximum absolute atomic E-state index is 12.6. The molecule has 26 heavy (non-hydrogen) atoms. The van der Waals surface area contributed by atoms with Crippen LogP contribution in [-0.2, 0) is 9.53 Å². The van der Waals surface area contributed by atoms with Crippen LogP contribution < -0.4 is 4.74 Å². The van der Waals surface area contributed by atoms with E-state index in [0.717, 1.165) is 10.7 Å². The molecule has 0 aromatic heterocycles. The summed E-state index contributed by atoms with van der Waals surface area (Å²) < 4.78 is 10.8. The van der Waals surface area contributed by atoms with Crippen LogP contribution >= 0.6 is 35.0 Å². The zero-order chi connectivity index (χ0) is 18.8. The van der Waals surface area contributed by atoms with Crippen LogP contribution in [0.2, 0.25) is 10.0 Å². The third-order valence-corrected chi connectivity index (χ3v) is 5.27. The average molecular weight is 413 g/mol. The lowest BCUT2D eigenvalue weighted by Crippen LogP contribution is -2.34. The number of thioether (sulfide) groups is 1. The lowest BCUT2D eigenvalue weighted by atomic mass is 9.94. The number of benzene rings is 1. The quantitative estimate of drug-likeness (QED) is 0.625. The van der Waals surface area contributed by atoms with Crippen LogP contribution in [0, 0.1) is 0 Å². The summed E-state index contributed by atoms with van der Waals surface area (Å²) in [6, 6.07) is 3.13. The van der Waals surface area contributed by atoms with Crippen LogP contribution in [0.4, 0.5) is 0 Å². The van der Waals surface area contributed by atoms with Crippen molar-refractivity contribution in [2.75, 3.05) is 13.2 Å². The first-order valence-corrected chi connectivity index (χ1v) is 9.81. The van der Waals surface area contributed by atoms with Gasteiger partial charge in [-0.1, -0.05) is 35.0 Å². The predicted molar refractivity (Wildman–Crippen MR) is 106 cm³/mol. The molecular weight excluding hydrogens is 395 g/mol. The number of hydrogen-bond donors (Lipinski definition) is 0. The fourth-order valence-corrected chi connectivity index (χ4v) is 4.32. The second kappa shape index (κ2) is 7.94. The minimum absolute atomic E-state index is 0.286. The number of aliphatic imine (C=N–C) groups is 1. The van der Waals surface area contributed by atoms with Crippen molar-refractivity contribution in [2.24, 2.45) is 4.99 Å². The summed E-state index contributed by atoms with van der Waals surface area (Å²) in [7, 11) is 0. The molecule has 1 atom stereocenters. The van der Waals surface area contributed by atoms with Crippen molar-refractivity contribution < 1.29 is 14.3 Å². The molecule has 0 fully saturated rings. The Labute approximate surface area is 166 Å². The van der Waals surface area contributed by atoms with Crippen molar-refractivity contribution in [2.45, 2.75) is 26.8 Å². The summed E-state index contributed by atoms with van der Waals surface area (Å²) in [4.78, 5) is 19.1. The largest absolute Gasteiger partial charge is 0.491 e. The van der Waals surface area contributed by atoms with Gasteiger partial charge in [0.15, 0.2) is 10.9 Å². The van der Waals surface area contributed by atoms with Gasteiger partial charge in [-0.25, -0.2) is 9.79 Å². The van der Waals surface area contributed by atoms with Gasteiger partial charge in [-0.3, -0.25) is 0 Å². The van der Waals surface area contributed by atoms with Crippen molar-refractivity contribution in [3.05, 3.63) is 50.6 Å². The third-order valence-electron chi connectivity index (χ3n) is 3.94. The summed E-state index contributed by atoms with van der Waals surface area (Å²) in [6.07, 6.45) is 1.89. The first-order valence-electron chi connectivity index (χ1n) is 8.17. The number of carbonyl (C=O) groups is 1. The SMILES string of the molecule is CCOC(=O)C1=C(C)N=C2SC=CN2[C@H]1c1cc(Cl)c(OCC)c(Cl)c1. The van der Waals surface area contributed by atoms with Gasteiger partial charge in [-0.2, -0.15) is 0 Å². The van der Waals surface area contributed by atoms with Crippen molar-refractivity contribution in [3.8, 4) is 5.75 Å². The fourth-order valence-electron chi connectivity index (χ4n) is 2.92. The summed E-state index contributed by atoms with van der Waals surface area (Å²) in [5.74, 6) is 0.0400. The van der Waals surface area contributed by atoms with E-state index in [0.29, 0.717) is 33.7 Å². The molecule has 2 aliphatic heterocycles. The predicted octanol–water partition coefficient (Wildman–Crippen LogP) is 5.16. The molecule has 2 heterocycles. The smallest absolute Gasteiger partial charge is 0.338 e. The zero-order valence-corrected chi connectivity index (χ0v) is 16.9. The molecule has 0 saturated carbocycles. The number of allylic oxidation sites excluding steroid dienone is 1. The zero-order valence-electron chi connectivity index (χ0n) is 14.6. The van der Waals surface area contributed by atoms with Crippen molar-refractivity contribution >= 4 is 46.1 Å². The van der Waals surface area contributed by atoms with E-state index >= 15 is 0 Å². The topological polar surface area (TPSA) is 51.1 Å². The molecule has 0 saturated heterocycles. The van der Waals surface area contributed by atoms with Crippen molar-refractivity contribution in [1.29, 1.82) is 0 Å². The molecule has 2 aliphatic rings. The Morgan fingerprint density at radius 2 is 1.96 bits per heavy atom. The molecule has 1 aromatic carbocycles. The Hall–Kier alpha value is -1.63. The van der Waals surface area contributed by atoms with E-state index in [9.17, 15) is 4.79 Å². The van der Waals surface area contributed by atoms with Gasteiger partial charge in [0, 0.05) is 6.20 Å². The van der Waals surface area contributed by atoms with Gasteiger partial charge >= 0.3 is 5.97 Å². The molecule has 1 aromatic rings. The van der Waals surface area contributed by atoms with Crippen LogP contribution in [0.25, 0.3) is 0 Å². The second-order valence-electron chi connectivity index (χ2n) is 5.57. The average Bonchev–Trinajstić information content (AvgIpc) is 3.04. The number of amidine groups is 1. The second-order valence-corrected chi connectivity index (χ2v) is 7.26. The van der Waals surface area contributed by atoms with E-state index in [1.54, 1.807) is 26.0 Å². The van der Waals surface area contributed by atoms with Crippen LogP contribution in [0.1, 0.15) is 32.4 Å². The summed E-state index contributed by atoms with van der Waals surface area (Å²) in [5, 5.41) is 3.51. The van der Waals surface area contributed by atoms with Gasteiger partial charge in [0.05, 0.1) is 40.6 Å². The van der Waals surface area contributed by atoms with Crippen LogP contribution in [-0.4, -0.2) is 29.3 Å².